The van der Waals surface area contributed by atoms with Gasteiger partial charge in [-0.1, -0.05) is 142 Å². The van der Waals surface area contributed by atoms with E-state index in [9.17, 15) is 19.2 Å². The lowest BCUT2D eigenvalue weighted by molar-refractivity contribution is -0.167. The second-order valence-corrected chi connectivity index (χ2v) is 17.5. The zero-order valence-electron chi connectivity index (χ0n) is 39.1. The normalized spacial score (nSPS) is 12.3. The van der Waals surface area contributed by atoms with Crippen LogP contribution in [0.3, 0.4) is 0 Å². The van der Waals surface area contributed by atoms with Crippen LogP contribution in [0.5, 0.6) is 0 Å². The van der Waals surface area contributed by atoms with Crippen molar-refractivity contribution in [2.75, 3.05) is 46.8 Å². The molecule has 59 heavy (non-hydrogen) atoms. The minimum atomic E-state index is -0.922. The van der Waals surface area contributed by atoms with Crippen molar-refractivity contribution in [1.82, 2.24) is 0 Å². The third-order valence-corrected chi connectivity index (χ3v) is 10.6. The molecule has 11 nitrogen and oxygen atoms in total. The van der Waals surface area contributed by atoms with Gasteiger partial charge >= 0.3 is 23.9 Å². The first-order chi connectivity index (χ1) is 28.3. The lowest BCUT2D eigenvalue weighted by Gasteiger charge is -2.29. The van der Waals surface area contributed by atoms with Crippen LogP contribution in [0.15, 0.2) is 0 Å². The van der Waals surface area contributed by atoms with Gasteiger partial charge in [0.25, 0.3) is 0 Å². The van der Waals surface area contributed by atoms with Gasteiger partial charge in [-0.3, -0.25) is 19.2 Å². The molecule has 0 aromatic heterocycles. The molecular weight excluding hydrogens is 753 g/mol. The van der Waals surface area contributed by atoms with Crippen molar-refractivity contribution in [2.24, 2.45) is 0 Å². The molecule has 348 valence electrons. The first-order valence-electron chi connectivity index (χ1n) is 23.8. The summed E-state index contributed by atoms with van der Waals surface area (Å²) in [5.41, 5.74) is -0.764. The van der Waals surface area contributed by atoms with Gasteiger partial charge in [-0.05, 0) is 53.4 Å². The summed E-state index contributed by atoms with van der Waals surface area (Å²) in [6, 6.07) is 0. The van der Waals surface area contributed by atoms with Crippen molar-refractivity contribution in [2.45, 2.75) is 239 Å². The summed E-state index contributed by atoms with van der Waals surface area (Å²) in [6.45, 7) is 13.4. The van der Waals surface area contributed by atoms with Gasteiger partial charge < -0.3 is 33.2 Å². The number of ether oxygens (including phenoxy) is 7. The Morgan fingerprint density at radius 1 is 0.407 bits per heavy atom. The number of hydrogen-bond donors (Lipinski definition) is 0. The Balaban J connectivity index is 4.59. The molecule has 0 heterocycles. The number of unbranched alkanes of at least 4 members (excludes halogenated alkanes) is 20. The monoisotopic (exact) mass is 843 g/mol. The highest BCUT2D eigenvalue weighted by Crippen LogP contribution is 2.20. The molecule has 0 aromatic rings. The summed E-state index contributed by atoms with van der Waals surface area (Å²) < 4.78 is 38.8. The minimum absolute atomic E-state index is 0.0548. The molecule has 1 unspecified atom stereocenters. The van der Waals surface area contributed by atoms with E-state index in [2.05, 4.69) is 13.8 Å². The second-order valence-electron chi connectivity index (χ2n) is 17.5. The van der Waals surface area contributed by atoms with Crippen molar-refractivity contribution < 1.29 is 52.3 Å². The number of carbonyl (C=O) groups is 4. The Hall–Kier alpha value is -2.24. The molecule has 0 bridgehead atoms. The van der Waals surface area contributed by atoms with Crippen molar-refractivity contribution in [3.05, 3.63) is 0 Å². The van der Waals surface area contributed by atoms with E-state index in [0.717, 1.165) is 38.5 Å². The number of carbonyl (C=O) groups excluding carboxylic acids is 4. The van der Waals surface area contributed by atoms with E-state index in [1.165, 1.54) is 103 Å². The first-order valence-corrected chi connectivity index (χ1v) is 23.8. The average molecular weight is 843 g/mol. The molecule has 0 aliphatic heterocycles. The number of esters is 4. The molecule has 0 saturated carbocycles. The van der Waals surface area contributed by atoms with Gasteiger partial charge in [0.05, 0.1) is 37.3 Å². The molecular formula is C48H90O11. The van der Waals surface area contributed by atoms with Crippen LogP contribution in [0.2, 0.25) is 0 Å². The Bertz CT molecular complexity index is 1030. The topological polar surface area (TPSA) is 133 Å². The zero-order valence-corrected chi connectivity index (χ0v) is 39.1. The van der Waals surface area contributed by atoms with Gasteiger partial charge in [-0.2, -0.15) is 0 Å². The van der Waals surface area contributed by atoms with Gasteiger partial charge in [-0.25, -0.2) is 0 Å². The Morgan fingerprint density at radius 3 is 1.20 bits per heavy atom. The van der Waals surface area contributed by atoms with Crippen LogP contribution in [0.1, 0.15) is 221 Å². The minimum Gasteiger partial charge on any atom is -0.463 e. The summed E-state index contributed by atoms with van der Waals surface area (Å²) in [6.07, 6.45) is 26.7. The van der Waals surface area contributed by atoms with Crippen LogP contribution in [0.4, 0.5) is 0 Å². The molecule has 0 rings (SSSR count). The van der Waals surface area contributed by atoms with E-state index in [-0.39, 0.29) is 57.3 Å². The molecule has 0 radical (unpaired) electrons. The van der Waals surface area contributed by atoms with Crippen LogP contribution in [-0.2, 0) is 52.3 Å². The number of methoxy groups -OCH3 is 1. The lowest BCUT2D eigenvalue weighted by atomic mass is 10.0. The van der Waals surface area contributed by atoms with E-state index in [1.807, 2.05) is 27.7 Å². The van der Waals surface area contributed by atoms with Gasteiger partial charge in [-0.15, -0.1) is 0 Å². The molecule has 0 N–H and O–H groups in total. The number of hydrogen-bond acceptors (Lipinski definition) is 11. The smallest absolute Gasteiger partial charge is 0.306 e. The van der Waals surface area contributed by atoms with Crippen LogP contribution >= 0.6 is 0 Å². The highest BCUT2D eigenvalue weighted by atomic mass is 16.6. The first kappa shape index (κ1) is 56.8. The fourth-order valence-electron chi connectivity index (χ4n) is 6.56. The van der Waals surface area contributed by atoms with Gasteiger partial charge in [0.15, 0.2) is 6.10 Å². The highest BCUT2D eigenvalue weighted by molar-refractivity contribution is 5.77. The SMILES string of the molecule is CCCCCCCCCCCCCC(=O)OCC(COC(=O)CCC(=O)OCCOC(C)(C)CCOC(C)(C)CCOC)OC(=O)CCCCCCCCCCCCC. The summed E-state index contributed by atoms with van der Waals surface area (Å²) in [4.78, 5) is 50.1. The van der Waals surface area contributed by atoms with Gasteiger partial charge in [0.2, 0.25) is 0 Å². The molecule has 1 atom stereocenters. The lowest BCUT2D eigenvalue weighted by Crippen LogP contribution is -2.32. The Labute approximate surface area is 360 Å². The highest BCUT2D eigenvalue weighted by Gasteiger charge is 2.23. The van der Waals surface area contributed by atoms with Crippen molar-refractivity contribution in [1.29, 1.82) is 0 Å². The van der Waals surface area contributed by atoms with Gasteiger partial charge in [0, 0.05) is 26.6 Å². The maximum atomic E-state index is 12.7. The molecule has 0 aromatic carbocycles. The molecule has 0 fully saturated rings. The third-order valence-electron chi connectivity index (χ3n) is 10.6. The number of rotatable bonds is 43. The molecule has 11 heteroatoms. The molecule has 0 amide bonds. The fourth-order valence-corrected chi connectivity index (χ4v) is 6.56. The van der Waals surface area contributed by atoms with Crippen LogP contribution in [0.25, 0.3) is 0 Å². The predicted molar refractivity (Wildman–Crippen MR) is 235 cm³/mol. The fraction of sp³-hybridized carbons (Fsp3) is 0.917. The van der Waals surface area contributed by atoms with Crippen molar-refractivity contribution in [3.63, 3.8) is 0 Å². The maximum Gasteiger partial charge on any atom is 0.306 e. The largest absolute Gasteiger partial charge is 0.463 e. The standard InChI is InChI=1S/C48H90O11/c1-8-10-12-14-16-18-20-22-24-26-28-30-43(49)55-40-42(59-46(52)31-29-27-25-23-21-19-17-15-13-11-9-2)41-56-45(51)33-32-44(50)54-38-39-58-48(5,6)35-37-57-47(3,4)34-36-53-7/h42H,8-41H2,1-7H3. The van der Waals surface area contributed by atoms with Crippen LogP contribution in [0, 0.1) is 0 Å². The summed E-state index contributed by atoms with van der Waals surface area (Å²) >= 11 is 0. The Kier molecular flexibility index (Phi) is 37.2. The summed E-state index contributed by atoms with van der Waals surface area (Å²) in [7, 11) is 1.67. The summed E-state index contributed by atoms with van der Waals surface area (Å²) in [5, 5.41) is 0. The van der Waals surface area contributed by atoms with Crippen molar-refractivity contribution in [3.8, 4) is 0 Å². The predicted octanol–water partition coefficient (Wildman–Crippen LogP) is 11.7. The third kappa shape index (κ3) is 39.6. The zero-order chi connectivity index (χ0) is 43.9. The maximum absolute atomic E-state index is 12.7. The summed E-state index contributed by atoms with van der Waals surface area (Å²) in [5.74, 6) is -1.94. The second kappa shape index (κ2) is 38.7. The van der Waals surface area contributed by atoms with Crippen LogP contribution < -0.4 is 0 Å². The van der Waals surface area contributed by atoms with E-state index in [4.69, 9.17) is 33.2 Å². The van der Waals surface area contributed by atoms with Gasteiger partial charge in [0.1, 0.15) is 19.8 Å². The molecule has 0 aliphatic carbocycles. The molecule has 0 saturated heterocycles. The van der Waals surface area contributed by atoms with E-state index in [0.29, 0.717) is 32.5 Å². The molecule has 0 aliphatic rings. The van der Waals surface area contributed by atoms with E-state index < -0.39 is 29.6 Å². The van der Waals surface area contributed by atoms with Crippen molar-refractivity contribution >= 4 is 23.9 Å². The average Bonchev–Trinajstić information content (AvgIpc) is 3.19. The molecule has 0 spiro atoms. The van der Waals surface area contributed by atoms with E-state index >= 15 is 0 Å². The Morgan fingerprint density at radius 2 is 0.763 bits per heavy atom. The quantitative estimate of drug-likeness (QED) is 0.0330. The van der Waals surface area contributed by atoms with E-state index in [1.54, 1.807) is 7.11 Å². The van der Waals surface area contributed by atoms with Crippen LogP contribution in [-0.4, -0.2) is 87.9 Å².